The van der Waals surface area contributed by atoms with E-state index in [0.29, 0.717) is 13.0 Å². The van der Waals surface area contributed by atoms with E-state index >= 15 is 0 Å². The monoisotopic (exact) mass is 169 g/mol. The summed E-state index contributed by atoms with van der Waals surface area (Å²) in [4.78, 5) is 23.3. The molecule has 1 aliphatic heterocycles. The van der Waals surface area contributed by atoms with Gasteiger partial charge in [-0.05, 0) is 12.8 Å². The summed E-state index contributed by atoms with van der Waals surface area (Å²) in [7, 11) is 0. The summed E-state index contributed by atoms with van der Waals surface area (Å²) in [5.41, 5.74) is 0. The van der Waals surface area contributed by atoms with Crippen LogP contribution in [0.4, 0.5) is 4.79 Å². The van der Waals surface area contributed by atoms with E-state index in [1.807, 2.05) is 0 Å². The van der Waals surface area contributed by atoms with Crippen LogP contribution in [0.15, 0.2) is 0 Å². The summed E-state index contributed by atoms with van der Waals surface area (Å²) in [6.07, 6.45) is 1.17. The second-order valence-electron chi connectivity index (χ2n) is 3.53. The fourth-order valence-electron chi connectivity index (χ4n) is 2.17. The fourth-order valence-corrected chi connectivity index (χ4v) is 2.17. The van der Waals surface area contributed by atoms with Crippen molar-refractivity contribution in [3.05, 3.63) is 0 Å². The molecule has 2 bridgehead atoms. The van der Waals surface area contributed by atoms with Gasteiger partial charge in [0, 0.05) is 24.9 Å². The Morgan fingerprint density at radius 2 is 2.33 bits per heavy atom. The third-order valence-electron chi connectivity index (χ3n) is 2.84. The maximum atomic E-state index is 11.2. The highest BCUT2D eigenvalue weighted by atomic mass is 16.4. The largest absolute Gasteiger partial charge is 0.465 e. The zero-order valence-electron chi connectivity index (χ0n) is 6.69. The summed E-state index contributed by atoms with van der Waals surface area (Å²) >= 11 is 0. The van der Waals surface area contributed by atoms with Crippen molar-refractivity contribution in [3.8, 4) is 0 Å². The van der Waals surface area contributed by atoms with Gasteiger partial charge in [0.25, 0.3) is 0 Å². The van der Waals surface area contributed by atoms with E-state index in [1.54, 1.807) is 0 Å². The van der Waals surface area contributed by atoms with Gasteiger partial charge in [0.05, 0.1) is 0 Å². The zero-order valence-corrected chi connectivity index (χ0v) is 6.69. The van der Waals surface area contributed by atoms with E-state index < -0.39 is 6.09 Å². The lowest BCUT2D eigenvalue weighted by atomic mass is 9.89. The molecule has 0 aromatic rings. The molecule has 2 fully saturated rings. The van der Waals surface area contributed by atoms with E-state index in [9.17, 15) is 9.59 Å². The predicted molar refractivity (Wildman–Crippen MR) is 40.9 cm³/mol. The minimum absolute atomic E-state index is 0.000139. The number of Topliss-reactive ketones (excluding diaryl/α,β-unsaturated/α-hetero) is 1. The van der Waals surface area contributed by atoms with Crippen LogP contribution in [0.1, 0.15) is 19.3 Å². The predicted octanol–water partition coefficient (Wildman–Crippen LogP) is 0.718. The van der Waals surface area contributed by atoms with Gasteiger partial charge in [-0.1, -0.05) is 0 Å². The Kier molecular flexibility index (Phi) is 1.56. The normalized spacial score (nSPS) is 34.0. The van der Waals surface area contributed by atoms with Crippen LogP contribution >= 0.6 is 0 Å². The number of carboxylic acid groups (broad SMARTS) is 1. The molecule has 0 spiro atoms. The fraction of sp³-hybridized carbons (Fsp3) is 0.750. The number of rotatable bonds is 0. The number of hydrogen-bond acceptors (Lipinski definition) is 2. The molecule has 12 heavy (non-hydrogen) atoms. The van der Waals surface area contributed by atoms with Crippen LogP contribution in [-0.2, 0) is 4.79 Å². The molecule has 0 aromatic heterocycles. The van der Waals surface area contributed by atoms with Gasteiger partial charge in [-0.15, -0.1) is 0 Å². The standard InChI is InChI=1S/C8H11NO3/c10-7-2-1-6-3-5(7)4-9(6)8(11)12/h5-6H,1-4H2,(H,11,12). The minimum Gasteiger partial charge on any atom is -0.465 e. The molecule has 66 valence electrons. The molecule has 4 heteroatoms. The summed E-state index contributed by atoms with van der Waals surface area (Å²) in [6.45, 7) is 0.429. The van der Waals surface area contributed by atoms with Crippen LogP contribution in [-0.4, -0.2) is 34.5 Å². The molecule has 1 amide bonds. The van der Waals surface area contributed by atoms with E-state index in [4.69, 9.17) is 5.11 Å². The van der Waals surface area contributed by atoms with Crippen molar-refractivity contribution < 1.29 is 14.7 Å². The molecule has 1 aliphatic carbocycles. The Bertz CT molecular complexity index is 238. The first kappa shape index (κ1) is 7.58. The summed E-state index contributed by atoms with van der Waals surface area (Å²) in [5.74, 6) is 0.245. The van der Waals surface area contributed by atoms with Gasteiger partial charge in [-0.2, -0.15) is 0 Å². The van der Waals surface area contributed by atoms with Crippen LogP contribution in [0.3, 0.4) is 0 Å². The molecule has 4 nitrogen and oxygen atoms in total. The van der Waals surface area contributed by atoms with Crippen LogP contribution in [0.25, 0.3) is 0 Å². The number of carbonyl (C=O) groups is 2. The summed E-state index contributed by atoms with van der Waals surface area (Å²) in [6, 6.07) is 0.116. The minimum atomic E-state index is -0.878. The lowest BCUT2D eigenvalue weighted by Crippen LogP contribution is -2.33. The van der Waals surface area contributed by atoms with Crippen molar-refractivity contribution in [2.75, 3.05) is 6.54 Å². The van der Waals surface area contributed by atoms with Gasteiger partial charge in [-0.3, -0.25) is 4.79 Å². The Hall–Kier alpha value is -1.06. The van der Waals surface area contributed by atoms with Gasteiger partial charge in [-0.25, -0.2) is 4.79 Å². The van der Waals surface area contributed by atoms with Crippen molar-refractivity contribution in [1.29, 1.82) is 0 Å². The molecular weight excluding hydrogens is 158 g/mol. The second kappa shape index (κ2) is 2.47. The Balaban J connectivity index is 2.15. The summed E-state index contributed by atoms with van der Waals surface area (Å²) in [5, 5.41) is 8.76. The number of ketones is 1. The number of amides is 1. The first-order valence-electron chi connectivity index (χ1n) is 4.21. The summed E-state index contributed by atoms with van der Waals surface area (Å²) < 4.78 is 0. The molecule has 1 N–H and O–H groups in total. The molecule has 0 radical (unpaired) electrons. The number of fused-ring (bicyclic) bond motifs is 2. The molecule has 0 aromatic carbocycles. The lowest BCUT2D eigenvalue weighted by molar-refractivity contribution is -0.123. The van der Waals surface area contributed by atoms with E-state index in [1.165, 1.54) is 4.90 Å². The first-order valence-corrected chi connectivity index (χ1v) is 4.21. The third-order valence-corrected chi connectivity index (χ3v) is 2.84. The molecular formula is C8H11NO3. The van der Waals surface area contributed by atoms with Crippen molar-refractivity contribution >= 4 is 11.9 Å². The third kappa shape index (κ3) is 0.983. The highest BCUT2D eigenvalue weighted by Crippen LogP contribution is 2.32. The molecule has 1 heterocycles. The van der Waals surface area contributed by atoms with Crippen molar-refractivity contribution in [2.24, 2.45) is 5.92 Å². The van der Waals surface area contributed by atoms with Crippen molar-refractivity contribution in [1.82, 2.24) is 4.90 Å². The molecule has 2 unspecified atom stereocenters. The smallest absolute Gasteiger partial charge is 0.407 e. The first-order chi connectivity index (χ1) is 5.68. The maximum absolute atomic E-state index is 11.2. The van der Waals surface area contributed by atoms with Crippen LogP contribution in [0.5, 0.6) is 0 Å². The molecule has 2 aliphatic rings. The molecule has 1 saturated carbocycles. The van der Waals surface area contributed by atoms with E-state index in [0.717, 1.165) is 12.8 Å². The van der Waals surface area contributed by atoms with Crippen LogP contribution in [0.2, 0.25) is 0 Å². The van der Waals surface area contributed by atoms with Gasteiger partial charge < -0.3 is 10.0 Å². The van der Waals surface area contributed by atoms with Crippen LogP contribution in [0, 0.1) is 5.92 Å². The lowest BCUT2D eigenvalue weighted by Gasteiger charge is -2.20. The van der Waals surface area contributed by atoms with Crippen LogP contribution < -0.4 is 0 Å². The van der Waals surface area contributed by atoms with Crippen molar-refractivity contribution in [3.63, 3.8) is 0 Å². The van der Waals surface area contributed by atoms with E-state index in [-0.39, 0.29) is 17.7 Å². The average molecular weight is 169 g/mol. The van der Waals surface area contributed by atoms with Gasteiger partial charge in [0.1, 0.15) is 5.78 Å². The zero-order chi connectivity index (χ0) is 8.72. The Morgan fingerprint density at radius 1 is 1.58 bits per heavy atom. The highest BCUT2D eigenvalue weighted by Gasteiger charge is 2.41. The van der Waals surface area contributed by atoms with Gasteiger partial charge in [0.15, 0.2) is 0 Å². The number of nitrogens with zero attached hydrogens (tertiary/aromatic N) is 1. The number of hydrogen-bond donors (Lipinski definition) is 1. The number of carbonyl (C=O) groups excluding carboxylic acids is 1. The Morgan fingerprint density at radius 3 is 2.92 bits per heavy atom. The molecule has 1 saturated heterocycles. The van der Waals surface area contributed by atoms with Gasteiger partial charge in [0.2, 0.25) is 0 Å². The number of likely N-dealkylation sites (tertiary alicyclic amines) is 1. The quantitative estimate of drug-likeness (QED) is 0.581. The van der Waals surface area contributed by atoms with Gasteiger partial charge >= 0.3 is 6.09 Å². The molecule has 2 atom stereocenters. The van der Waals surface area contributed by atoms with E-state index in [2.05, 4.69) is 0 Å². The SMILES string of the molecule is O=C1CCC2CC1CN2C(=O)O. The Labute approximate surface area is 70.2 Å². The average Bonchev–Trinajstić information content (AvgIpc) is 2.37. The second-order valence-corrected chi connectivity index (χ2v) is 3.53. The topological polar surface area (TPSA) is 57.6 Å². The maximum Gasteiger partial charge on any atom is 0.407 e. The van der Waals surface area contributed by atoms with Crippen molar-refractivity contribution in [2.45, 2.75) is 25.3 Å². The molecule has 2 rings (SSSR count). The highest BCUT2D eigenvalue weighted by molar-refractivity contribution is 5.84.